The zero-order valence-corrected chi connectivity index (χ0v) is 21.7. The second kappa shape index (κ2) is 10.5. The molecule has 4 aromatic heterocycles. The Morgan fingerprint density at radius 1 is 1.02 bits per heavy atom. The van der Waals surface area contributed by atoms with Crippen molar-refractivity contribution in [3.63, 3.8) is 0 Å². The molecule has 5 aromatic rings. The Balaban J connectivity index is 1.36. The van der Waals surface area contributed by atoms with Crippen LogP contribution in [-0.2, 0) is 10.3 Å². The number of aliphatic hydroxyl groups excluding tert-OH is 1. The normalized spacial score (nSPS) is 14.6. The Morgan fingerprint density at radius 3 is 2.60 bits per heavy atom. The summed E-state index contributed by atoms with van der Waals surface area (Å²) in [6.07, 6.45) is 6.44. The summed E-state index contributed by atoms with van der Waals surface area (Å²) in [5, 5.41) is 31.0. The van der Waals surface area contributed by atoms with E-state index in [-0.39, 0.29) is 18.4 Å². The van der Waals surface area contributed by atoms with Gasteiger partial charge in [0.2, 0.25) is 11.8 Å². The average molecular weight is 536 g/mol. The van der Waals surface area contributed by atoms with Crippen LogP contribution in [0.3, 0.4) is 0 Å². The van der Waals surface area contributed by atoms with Crippen molar-refractivity contribution in [2.24, 2.45) is 0 Å². The van der Waals surface area contributed by atoms with Gasteiger partial charge in [0.15, 0.2) is 0 Å². The largest absolute Gasteiger partial charge is 0.495 e. The molecule has 0 unspecified atom stereocenters. The van der Waals surface area contributed by atoms with Crippen LogP contribution in [0.2, 0.25) is 0 Å². The molecule has 5 heterocycles. The van der Waals surface area contributed by atoms with Crippen LogP contribution in [0.5, 0.6) is 0 Å². The summed E-state index contributed by atoms with van der Waals surface area (Å²) in [6.45, 7) is 3.50. The van der Waals surface area contributed by atoms with Crippen molar-refractivity contribution in [2.75, 3.05) is 17.2 Å². The van der Waals surface area contributed by atoms with Crippen LogP contribution >= 0.6 is 0 Å². The third kappa shape index (κ3) is 5.00. The molecule has 1 atom stereocenters. The van der Waals surface area contributed by atoms with Crippen LogP contribution in [0.25, 0.3) is 22.8 Å². The van der Waals surface area contributed by atoms with E-state index in [0.717, 1.165) is 11.1 Å². The van der Waals surface area contributed by atoms with E-state index in [1.54, 1.807) is 36.8 Å². The fourth-order valence-electron chi connectivity index (χ4n) is 4.50. The maximum atomic E-state index is 10.2. The summed E-state index contributed by atoms with van der Waals surface area (Å²) in [7, 11) is -1.08. The van der Waals surface area contributed by atoms with Gasteiger partial charge >= 0.3 is 7.12 Å². The van der Waals surface area contributed by atoms with Crippen molar-refractivity contribution in [2.45, 2.75) is 25.5 Å². The Hall–Kier alpha value is -4.72. The molecule has 0 aliphatic carbocycles. The summed E-state index contributed by atoms with van der Waals surface area (Å²) in [5.74, 6) is 1.38. The quantitative estimate of drug-likeness (QED) is 0.215. The molecule has 0 fully saturated rings. The fourth-order valence-corrected chi connectivity index (χ4v) is 4.50. The second-order valence-corrected chi connectivity index (χ2v) is 9.67. The molecule has 4 N–H and O–H groups in total. The minimum Gasteiger partial charge on any atom is -0.423 e. The van der Waals surface area contributed by atoms with Crippen molar-refractivity contribution >= 4 is 30.0 Å². The number of hydrogen-bond donors (Lipinski definition) is 4. The molecule has 0 saturated carbocycles. The molecule has 0 saturated heterocycles. The van der Waals surface area contributed by atoms with Gasteiger partial charge < -0.3 is 29.9 Å². The van der Waals surface area contributed by atoms with Gasteiger partial charge in [0.25, 0.3) is 5.89 Å². The summed E-state index contributed by atoms with van der Waals surface area (Å²) < 4.78 is 11.2. The molecule has 0 amide bonds. The fraction of sp³-hybridized carbons (Fsp3) is 0.185. The van der Waals surface area contributed by atoms with E-state index in [9.17, 15) is 10.1 Å². The number of nitrogens with one attached hydrogen (secondary N) is 2. The van der Waals surface area contributed by atoms with E-state index in [0.29, 0.717) is 34.0 Å². The number of aromatic nitrogens is 6. The molecule has 1 aromatic carbocycles. The van der Waals surface area contributed by atoms with Crippen LogP contribution in [0.1, 0.15) is 31.1 Å². The molecular weight excluding hydrogens is 511 g/mol. The molecule has 6 rings (SSSR count). The average Bonchev–Trinajstić information content (AvgIpc) is 3.55. The highest BCUT2D eigenvalue weighted by atomic mass is 16.5. The number of nitrogens with zero attached hydrogens (tertiary/aromatic N) is 6. The highest BCUT2D eigenvalue weighted by molar-refractivity contribution is 6.61. The lowest BCUT2D eigenvalue weighted by atomic mass is 9.82. The van der Waals surface area contributed by atoms with Crippen molar-refractivity contribution in [3.8, 4) is 22.8 Å². The maximum absolute atomic E-state index is 10.2. The lowest BCUT2D eigenvalue weighted by molar-refractivity contribution is 0.0970. The summed E-state index contributed by atoms with van der Waals surface area (Å²) in [5.41, 5.74) is 3.13. The van der Waals surface area contributed by atoms with Gasteiger partial charge in [-0.2, -0.15) is 4.98 Å². The third-order valence-corrected chi connectivity index (χ3v) is 6.51. The van der Waals surface area contributed by atoms with E-state index in [1.807, 2.05) is 44.2 Å². The number of rotatable bonds is 8. The molecule has 0 bridgehead atoms. The summed E-state index contributed by atoms with van der Waals surface area (Å²) >= 11 is 0. The molecule has 40 heavy (non-hydrogen) atoms. The number of hydrogen-bond acceptors (Lipinski definition) is 12. The van der Waals surface area contributed by atoms with Crippen molar-refractivity contribution < 1.29 is 19.3 Å². The number of anilines is 3. The van der Waals surface area contributed by atoms with Crippen LogP contribution in [-0.4, -0.2) is 53.9 Å². The van der Waals surface area contributed by atoms with Crippen LogP contribution in [0.15, 0.2) is 77.8 Å². The number of benzene rings is 1. The number of aliphatic hydroxyl groups is 1. The minimum atomic E-state index is -1.08. The minimum absolute atomic E-state index is 0.161. The smallest absolute Gasteiger partial charge is 0.423 e. The number of pyridine rings is 2. The maximum Gasteiger partial charge on any atom is 0.495 e. The molecule has 13 heteroatoms. The molecule has 12 nitrogen and oxygen atoms in total. The zero-order chi connectivity index (χ0) is 27.7. The summed E-state index contributed by atoms with van der Waals surface area (Å²) in [4.78, 5) is 22.0. The van der Waals surface area contributed by atoms with Gasteiger partial charge in [-0.05, 0) is 31.5 Å². The first-order valence-electron chi connectivity index (χ1n) is 12.6. The molecule has 200 valence electrons. The first-order valence-corrected chi connectivity index (χ1v) is 12.6. The highest BCUT2D eigenvalue weighted by Gasteiger charge is 2.42. The van der Waals surface area contributed by atoms with Gasteiger partial charge in [-0.15, -0.1) is 0 Å². The van der Waals surface area contributed by atoms with E-state index in [1.165, 1.54) is 6.20 Å². The van der Waals surface area contributed by atoms with Gasteiger partial charge in [-0.1, -0.05) is 35.5 Å². The van der Waals surface area contributed by atoms with Gasteiger partial charge in [0.05, 0.1) is 35.2 Å². The lowest BCUT2D eigenvalue weighted by Crippen LogP contribution is -2.29. The predicted octanol–water partition coefficient (Wildman–Crippen LogP) is 2.83. The molecule has 1 aliphatic heterocycles. The molecule has 1 aliphatic rings. The van der Waals surface area contributed by atoms with E-state index < -0.39 is 18.8 Å². The van der Waals surface area contributed by atoms with Crippen LogP contribution in [0.4, 0.5) is 17.5 Å². The third-order valence-electron chi connectivity index (χ3n) is 6.51. The second-order valence-electron chi connectivity index (χ2n) is 9.67. The van der Waals surface area contributed by atoms with E-state index in [4.69, 9.17) is 9.18 Å². The van der Waals surface area contributed by atoms with Crippen molar-refractivity contribution in [3.05, 3.63) is 84.6 Å². The number of fused-ring (bicyclic) bond motifs is 1. The topological polar surface area (TPSA) is 164 Å². The highest BCUT2D eigenvalue weighted by Crippen LogP contribution is 2.33. The monoisotopic (exact) mass is 536 g/mol. The van der Waals surface area contributed by atoms with Crippen LogP contribution < -0.4 is 16.1 Å². The SMILES string of the molecule is CC1(C)OB(O)c2cnc(Nc3cc(N[C@H](CO)c4ccccc4)c(-c4nc(-c5ccncc5)no4)cn3)nc21. The predicted molar refractivity (Wildman–Crippen MR) is 148 cm³/mol. The Kier molecular flexibility index (Phi) is 6.68. The van der Waals surface area contributed by atoms with Crippen LogP contribution in [0, 0.1) is 0 Å². The van der Waals surface area contributed by atoms with E-state index in [2.05, 4.69) is 40.7 Å². The zero-order valence-electron chi connectivity index (χ0n) is 21.7. The molecular formula is C27H25BN8O4. The van der Waals surface area contributed by atoms with E-state index >= 15 is 0 Å². The summed E-state index contributed by atoms with van der Waals surface area (Å²) in [6, 6.07) is 14.5. The van der Waals surface area contributed by atoms with Gasteiger partial charge in [-0.3, -0.25) is 4.98 Å². The van der Waals surface area contributed by atoms with Crippen molar-refractivity contribution in [1.29, 1.82) is 0 Å². The molecule has 0 spiro atoms. The van der Waals surface area contributed by atoms with Gasteiger partial charge in [-0.25, -0.2) is 15.0 Å². The van der Waals surface area contributed by atoms with Gasteiger partial charge in [0.1, 0.15) is 5.82 Å². The Morgan fingerprint density at radius 2 is 1.82 bits per heavy atom. The van der Waals surface area contributed by atoms with Crippen molar-refractivity contribution in [1.82, 2.24) is 30.1 Å². The first-order chi connectivity index (χ1) is 19.4. The standard InChI is InChI=1S/C27H25BN8O4/c1-27(2)23-19(28(38)40-27)14-31-26(34-23)33-22-12-20(32-21(15-37)16-6-4-3-5-7-16)18(13-30-22)25-35-24(36-39-25)17-8-10-29-11-9-17/h3-14,21,37-38H,15H2,1-2H3,(H2,30,31,32,33,34)/t21-/m1/s1. The molecule has 0 radical (unpaired) electrons. The lowest BCUT2D eigenvalue weighted by Gasteiger charge is -2.20. The Labute approximate surface area is 229 Å². The first kappa shape index (κ1) is 25.6. The van der Waals surface area contributed by atoms with Gasteiger partial charge in [0, 0.05) is 41.9 Å². The Bertz CT molecular complexity index is 1630.